The topological polar surface area (TPSA) is 9.23 Å². The van der Waals surface area contributed by atoms with Crippen molar-refractivity contribution in [1.82, 2.24) is 0 Å². The van der Waals surface area contributed by atoms with Crippen molar-refractivity contribution in [1.29, 1.82) is 0 Å². The van der Waals surface area contributed by atoms with Crippen LogP contribution in [0.1, 0.15) is 33.2 Å². The largest absolute Gasteiger partial charge is 0.493 e. The number of halogens is 2. The molecule has 0 aliphatic carbocycles. The molecule has 2 aromatic rings. The first kappa shape index (κ1) is 14.7. The molecular weight excluding hydrogens is 303 g/mol. The van der Waals surface area contributed by atoms with Gasteiger partial charge in [0.1, 0.15) is 5.75 Å². The molecule has 3 rings (SSSR count). The number of rotatable bonds is 3. The third-order valence-corrected chi connectivity index (χ3v) is 4.71. The molecule has 1 aliphatic heterocycles. The van der Waals surface area contributed by atoms with E-state index in [4.69, 9.17) is 27.9 Å². The Kier molecular flexibility index (Phi) is 4.14. The van der Waals surface area contributed by atoms with E-state index in [0.29, 0.717) is 0 Å². The van der Waals surface area contributed by atoms with E-state index in [9.17, 15) is 0 Å². The highest BCUT2D eigenvalue weighted by Crippen LogP contribution is 2.40. The van der Waals surface area contributed by atoms with Crippen LogP contribution in [0.25, 0.3) is 0 Å². The quantitative estimate of drug-likeness (QED) is 0.686. The molecule has 1 nitrogen and oxygen atoms in total. The second kappa shape index (κ2) is 5.90. The van der Waals surface area contributed by atoms with Gasteiger partial charge < -0.3 is 4.74 Å². The first-order valence-electron chi connectivity index (χ1n) is 7.20. The van der Waals surface area contributed by atoms with Crippen LogP contribution in [-0.2, 0) is 12.8 Å². The van der Waals surface area contributed by atoms with Crippen LogP contribution in [0.3, 0.4) is 0 Å². The smallest absolute Gasteiger partial charge is 0.127 e. The molecule has 110 valence electrons. The molecule has 2 aromatic carbocycles. The average Bonchev–Trinajstić information content (AvgIpc) is 2.90. The van der Waals surface area contributed by atoms with E-state index in [-0.39, 0.29) is 5.38 Å². The summed E-state index contributed by atoms with van der Waals surface area (Å²) in [5.74, 6) is 0.934. The van der Waals surface area contributed by atoms with Crippen molar-refractivity contribution in [3.8, 4) is 5.75 Å². The Morgan fingerprint density at radius 2 is 1.95 bits per heavy atom. The van der Waals surface area contributed by atoms with Gasteiger partial charge >= 0.3 is 0 Å². The zero-order valence-corrected chi connectivity index (χ0v) is 13.8. The van der Waals surface area contributed by atoms with Crippen molar-refractivity contribution < 1.29 is 4.74 Å². The molecule has 1 atom stereocenters. The average molecular weight is 321 g/mol. The summed E-state index contributed by atoms with van der Waals surface area (Å²) in [5.41, 5.74) is 6.02. The standard InChI is InChI=1S/C18H18Cl2O/c1-11-3-4-13(7-12(11)2)8-17(20)16-10-15(19)9-14-5-6-21-18(14)16/h3-4,7,9-10,17H,5-6,8H2,1-2H3. The summed E-state index contributed by atoms with van der Waals surface area (Å²) in [6, 6.07) is 10.4. The van der Waals surface area contributed by atoms with E-state index < -0.39 is 0 Å². The Balaban J connectivity index is 1.89. The number of benzene rings is 2. The van der Waals surface area contributed by atoms with Gasteiger partial charge in [-0.15, -0.1) is 11.6 Å². The number of alkyl halides is 1. The molecule has 21 heavy (non-hydrogen) atoms. The Morgan fingerprint density at radius 3 is 2.71 bits per heavy atom. The molecule has 1 unspecified atom stereocenters. The lowest BCUT2D eigenvalue weighted by atomic mass is 9.98. The highest BCUT2D eigenvalue weighted by molar-refractivity contribution is 6.31. The molecule has 0 saturated heterocycles. The third kappa shape index (κ3) is 3.04. The van der Waals surface area contributed by atoms with E-state index in [2.05, 4.69) is 32.0 Å². The second-order valence-electron chi connectivity index (χ2n) is 5.67. The van der Waals surface area contributed by atoms with Crippen LogP contribution in [0.4, 0.5) is 0 Å². The molecule has 1 heterocycles. The van der Waals surface area contributed by atoms with E-state index in [1.165, 1.54) is 22.3 Å². The predicted molar refractivity (Wildman–Crippen MR) is 88.9 cm³/mol. The van der Waals surface area contributed by atoms with Gasteiger partial charge in [0.25, 0.3) is 0 Å². The van der Waals surface area contributed by atoms with Crippen LogP contribution >= 0.6 is 23.2 Å². The molecular formula is C18H18Cl2O. The molecule has 0 bridgehead atoms. The lowest BCUT2D eigenvalue weighted by Gasteiger charge is -2.15. The highest BCUT2D eigenvalue weighted by Gasteiger charge is 2.22. The van der Waals surface area contributed by atoms with Crippen molar-refractivity contribution in [3.05, 3.63) is 63.2 Å². The maximum absolute atomic E-state index is 6.65. The number of fused-ring (bicyclic) bond motifs is 1. The first-order valence-corrected chi connectivity index (χ1v) is 8.01. The molecule has 0 fully saturated rings. The van der Waals surface area contributed by atoms with Crippen LogP contribution < -0.4 is 4.74 Å². The zero-order chi connectivity index (χ0) is 15.0. The number of hydrogen-bond acceptors (Lipinski definition) is 1. The molecule has 0 radical (unpaired) electrons. The van der Waals surface area contributed by atoms with Gasteiger partial charge in [0.15, 0.2) is 0 Å². The summed E-state index contributed by atoms with van der Waals surface area (Å²) in [6.45, 7) is 4.97. The summed E-state index contributed by atoms with van der Waals surface area (Å²) in [5, 5.41) is 0.609. The van der Waals surface area contributed by atoms with E-state index >= 15 is 0 Å². The van der Waals surface area contributed by atoms with E-state index in [0.717, 1.165) is 35.8 Å². The fourth-order valence-corrected chi connectivity index (χ4v) is 3.37. The van der Waals surface area contributed by atoms with Crippen molar-refractivity contribution in [3.63, 3.8) is 0 Å². The SMILES string of the molecule is Cc1ccc(CC(Cl)c2cc(Cl)cc3c2OCC3)cc1C. The van der Waals surface area contributed by atoms with Gasteiger partial charge in [0.05, 0.1) is 12.0 Å². The summed E-state index contributed by atoms with van der Waals surface area (Å²) in [6.07, 6.45) is 1.69. The first-order chi connectivity index (χ1) is 10.0. The minimum absolute atomic E-state index is 0.127. The summed E-state index contributed by atoms with van der Waals surface area (Å²) < 4.78 is 5.74. The maximum atomic E-state index is 6.65. The number of ether oxygens (including phenoxy) is 1. The summed E-state index contributed by atoms with van der Waals surface area (Å²) in [4.78, 5) is 0. The van der Waals surface area contributed by atoms with Gasteiger partial charge in [0, 0.05) is 17.0 Å². The maximum Gasteiger partial charge on any atom is 0.127 e. The van der Waals surface area contributed by atoms with Gasteiger partial charge in [-0.25, -0.2) is 0 Å². The van der Waals surface area contributed by atoms with Crippen molar-refractivity contribution >= 4 is 23.2 Å². The predicted octanol–water partition coefficient (Wildman–Crippen LogP) is 5.41. The third-order valence-electron chi connectivity index (χ3n) is 4.10. The molecule has 3 heteroatoms. The normalized spacial score (nSPS) is 14.7. The van der Waals surface area contributed by atoms with Gasteiger partial charge in [-0.3, -0.25) is 0 Å². The van der Waals surface area contributed by atoms with Crippen LogP contribution in [0.5, 0.6) is 5.75 Å². The van der Waals surface area contributed by atoms with Gasteiger partial charge in [-0.1, -0.05) is 29.8 Å². The highest BCUT2D eigenvalue weighted by atomic mass is 35.5. The van der Waals surface area contributed by atoms with Crippen LogP contribution in [0.15, 0.2) is 30.3 Å². The molecule has 0 amide bonds. The minimum atomic E-state index is -0.127. The number of hydrogen-bond donors (Lipinski definition) is 0. The molecule has 0 saturated carbocycles. The molecule has 0 aromatic heterocycles. The van der Waals surface area contributed by atoms with Gasteiger partial charge in [0.2, 0.25) is 0 Å². The minimum Gasteiger partial charge on any atom is -0.493 e. The van der Waals surface area contributed by atoms with Crippen molar-refractivity contribution in [2.75, 3.05) is 6.61 Å². The Bertz CT molecular complexity index is 679. The Hall–Kier alpha value is -1.18. The van der Waals surface area contributed by atoms with E-state index in [1.54, 1.807) is 0 Å². The fourth-order valence-electron chi connectivity index (χ4n) is 2.78. The molecule has 1 aliphatic rings. The van der Waals surface area contributed by atoms with Gasteiger partial charge in [-0.05, 0) is 54.7 Å². The molecule has 0 N–H and O–H groups in total. The lowest BCUT2D eigenvalue weighted by molar-refractivity contribution is 0.353. The van der Waals surface area contributed by atoms with Crippen molar-refractivity contribution in [2.45, 2.75) is 32.1 Å². The Morgan fingerprint density at radius 1 is 1.14 bits per heavy atom. The summed E-state index contributed by atoms with van der Waals surface area (Å²) in [7, 11) is 0. The van der Waals surface area contributed by atoms with Crippen LogP contribution in [0, 0.1) is 13.8 Å². The van der Waals surface area contributed by atoms with E-state index in [1.807, 2.05) is 12.1 Å². The second-order valence-corrected chi connectivity index (χ2v) is 6.64. The zero-order valence-electron chi connectivity index (χ0n) is 12.2. The molecule has 0 spiro atoms. The number of aryl methyl sites for hydroxylation is 2. The lowest BCUT2D eigenvalue weighted by Crippen LogP contribution is -2.00. The fraction of sp³-hybridized carbons (Fsp3) is 0.333. The Labute approximate surface area is 135 Å². The monoisotopic (exact) mass is 320 g/mol. The van der Waals surface area contributed by atoms with Crippen molar-refractivity contribution in [2.24, 2.45) is 0 Å². The van der Waals surface area contributed by atoms with Crippen LogP contribution in [-0.4, -0.2) is 6.61 Å². The van der Waals surface area contributed by atoms with Gasteiger partial charge in [-0.2, -0.15) is 0 Å². The van der Waals surface area contributed by atoms with Crippen LogP contribution in [0.2, 0.25) is 5.02 Å². The summed E-state index contributed by atoms with van der Waals surface area (Å²) >= 11 is 12.9.